The first kappa shape index (κ1) is 11.9. The highest BCUT2D eigenvalue weighted by molar-refractivity contribution is 5.88. The number of hydrogen-bond donors (Lipinski definition) is 2. The van der Waals surface area contributed by atoms with Gasteiger partial charge in [0.05, 0.1) is 5.57 Å². The zero-order valence-corrected chi connectivity index (χ0v) is 9.04. The number of aromatic nitrogens is 3. The molecule has 16 heavy (non-hydrogen) atoms. The summed E-state index contributed by atoms with van der Waals surface area (Å²) in [7, 11) is 0. The Morgan fingerprint density at radius 3 is 2.44 bits per heavy atom. The Kier molecular flexibility index (Phi) is 3.76. The van der Waals surface area contributed by atoms with Crippen LogP contribution in [0.15, 0.2) is 24.0 Å². The Hall–Kier alpha value is -2.18. The zero-order valence-electron chi connectivity index (χ0n) is 9.04. The highest BCUT2D eigenvalue weighted by atomic mass is 16.5. The van der Waals surface area contributed by atoms with E-state index in [1.807, 2.05) is 0 Å². The monoisotopic (exact) mass is 223 g/mol. The predicted molar refractivity (Wildman–Crippen MR) is 55.4 cm³/mol. The highest BCUT2D eigenvalue weighted by Gasteiger charge is 2.16. The van der Waals surface area contributed by atoms with E-state index in [9.17, 15) is 4.79 Å². The number of nitrogens with two attached hydrogens (primary N) is 2. The number of rotatable bonds is 3. The van der Waals surface area contributed by atoms with Gasteiger partial charge in [0.1, 0.15) is 18.5 Å². The van der Waals surface area contributed by atoms with E-state index >= 15 is 0 Å². The molecule has 7 nitrogen and oxygen atoms in total. The third kappa shape index (κ3) is 2.91. The van der Waals surface area contributed by atoms with E-state index in [1.54, 1.807) is 6.92 Å². The molecule has 0 amide bonds. The Balaban J connectivity index is 2.70. The molecule has 0 radical (unpaired) electrons. The van der Waals surface area contributed by atoms with Crippen LogP contribution in [-0.4, -0.2) is 20.9 Å². The number of nitrogens with zero attached hydrogens (tertiary/aromatic N) is 3. The second kappa shape index (κ2) is 5.06. The lowest BCUT2D eigenvalue weighted by molar-refractivity contribution is -0.144. The quantitative estimate of drug-likeness (QED) is 0.530. The fourth-order valence-electron chi connectivity index (χ4n) is 0.878. The van der Waals surface area contributed by atoms with Crippen LogP contribution in [0.4, 0.5) is 0 Å². The van der Waals surface area contributed by atoms with Crippen LogP contribution in [0.1, 0.15) is 25.8 Å². The lowest BCUT2D eigenvalue weighted by atomic mass is 10.3. The van der Waals surface area contributed by atoms with Crippen molar-refractivity contribution in [2.24, 2.45) is 11.5 Å². The Morgan fingerprint density at radius 1 is 1.38 bits per heavy atom. The molecule has 0 aliphatic carbocycles. The molecule has 1 rings (SSSR count). The summed E-state index contributed by atoms with van der Waals surface area (Å²) in [6.07, 6.45) is 2.07. The summed E-state index contributed by atoms with van der Waals surface area (Å²) in [5.74, 6) is -0.285. The molecule has 7 heteroatoms. The number of carbonyl (C=O) groups excluding carboxylic acids is 1. The molecule has 0 bridgehead atoms. The lowest BCUT2D eigenvalue weighted by Gasteiger charge is -2.11. The van der Waals surface area contributed by atoms with Crippen molar-refractivity contribution in [1.29, 1.82) is 0 Å². The molecule has 86 valence electrons. The van der Waals surface area contributed by atoms with E-state index in [1.165, 1.54) is 19.6 Å². The predicted octanol–water partition coefficient (Wildman–Crippen LogP) is -0.375. The second-order valence-electron chi connectivity index (χ2n) is 3.12. The van der Waals surface area contributed by atoms with Crippen molar-refractivity contribution >= 4 is 5.97 Å². The molecule has 0 aromatic carbocycles. The van der Waals surface area contributed by atoms with Crippen molar-refractivity contribution in [3.8, 4) is 0 Å². The molecule has 0 aliphatic rings. The zero-order chi connectivity index (χ0) is 12.1. The molecule has 1 aromatic heterocycles. The third-order valence-corrected chi connectivity index (χ3v) is 1.90. The van der Waals surface area contributed by atoms with Crippen LogP contribution in [-0.2, 0) is 9.53 Å². The van der Waals surface area contributed by atoms with Crippen molar-refractivity contribution in [2.45, 2.75) is 20.0 Å². The molecular formula is C9H13N5O2. The van der Waals surface area contributed by atoms with Gasteiger partial charge in [0.25, 0.3) is 0 Å². The normalized spacial score (nSPS) is 11.6. The van der Waals surface area contributed by atoms with Crippen molar-refractivity contribution in [2.75, 3.05) is 0 Å². The van der Waals surface area contributed by atoms with Crippen LogP contribution < -0.4 is 11.5 Å². The number of ether oxygens (including phenoxy) is 1. The van der Waals surface area contributed by atoms with Crippen molar-refractivity contribution < 1.29 is 9.53 Å². The summed E-state index contributed by atoms with van der Waals surface area (Å²) < 4.78 is 5.05. The average Bonchev–Trinajstić information content (AvgIpc) is 2.28. The van der Waals surface area contributed by atoms with E-state index in [-0.39, 0.29) is 11.4 Å². The Morgan fingerprint density at radius 2 is 1.94 bits per heavy atom. The first-order valence-corrected chi connectivity index (χ1v) is 4.57. The SMILES string of the molecule is CC(C(=O)OC(C)c1ncncn1)=C(N)N. The van der Waals surface area contributed by atoms with Crippen molar-refractivity contribution in [3.63, 3.8) is 0 Å². The molecule has 0 spiro atoms. The molecule has 0 aliphatic heterocycles. The van der Waals surface area contributed by atoms with Crippen molar-refractivity contribution in [3.05, 3.63) is 29.9 Å². The maximum Gasteiger partial charge on any atom is 0.338 e. The van der Waals surface area contributed by atoms with Gasteiger partial charge in [-0.25, -0.2) is 19.7 Å². The van der Waals surface area contributed by atoms with Crippen LogP contribution >= 0.6 is 0 Å². The van der Waals surface area contributed by atoms with Crippen LogP contribution in [0.5, 0.6) is 0 Å². The van der Waals surface area contributed by atoms with Crippen LogP contribution in [0, 0.1) is 0 Å². The summed E-state index contributed by atoms with van der Waals surface area (Å²) in [5, 5.41) is 0. The minimum atomic E-state index is -0.590. The summed E-state index contributed by atoms with van der Waals surface area (Å²) in [6.45, 7) is 3.13. The molecule has 1 atom stereocenters. The fourth-order valence-corrected chi connectivity index (χ4v) is 0.878. The van der Waals surface area contributed by atoms with Gasteiger partial charge in [0, 0.05) is 0 Å². The topological polar surface area (TPSA) is 117 Å². The minimum absolute atomic E-state index is 0.0622. The van der Waals surface area contributed by atoms with Crippen LogP contribution in [0.2, 0.25) is 0 Å². The molecule has 1 unspecified atom stereocenters. The van der Waals surface area contributed by atoms with Gasteiger partial charge in [-0.1, -0.05) is 0 Å². The molecule has 0 saturated carbocycles. The van der Waals surface area contributed by atoms with Gasteiger partial charge in [-0.15, -0.1) is 0 Å². The molecule has 0 fully saturated rings. The second-order valence-corrected chi connectivity index (χ2v) is 3.12. The van der Waals surface area contributed by atoms with E-state index in [2.05, 4.69) is 15.0 Å². The standard InChI is InChI=1S/C9H13N5O2/c1-5(7(10)11)9(15)16-6(2)8-13-3-12-4-14-8/h3-4,6H,10-11H2,1-2H3. The Bertz CT molecular complexity index is 400. The smallest absolute Gasteiger partial charge is 0.338 e. The number of hydrogen-bond acceptors (Lipinski definition) is 7. The maximum atomic E-state index is 11.5. The molecule has 4 N–H and O–H groups in total. The third-order valence-electron chi connectivity index (χ3n) is 1.90. The van der Waals surface area contributed by atoms with Crippen LogP contribution in [0.25, 0.3) is 0 Å². The highest BCUT2D eigenvalue weighted by Crippen LogP contribution is 2.12. The van der Waals surface area contributed by atoms with Gasteiger partial charge in [0.15, 0.2) is 11.9 Å². The summed E-state index contributed by atoms with van der Waals surface area (Å²) in [4.78, 5) is 22.8. The van der Waals surface area contributed by atoms with Gasteiger partial charge in [0.2, 0.25) is 0 Å². The first-order valence-electron chi connectivity index (χ1n) is 4.57. The van der Waals surface area contributed by atoms with E-state index in [0.717, 1.165) is 0 Å². The van der Waals surface area contributed by atoms with Gasteiger partial charge >= 0.3 is 5.97 Å². The number of carbonyl (C=O) groups is 1. The average molecular weight is 223 g/mol. The summed E-state index contributed by atoms with van der Waals surface area (Å²) >= 11 is 0. The lowest BCUT2D eigenvalue weighted by Crippen LogP contribution is -2.19. The van der Waals surface area contributed by atoms with E-state index < -0.39 is 12.1 Å². The summed E-state index contributed by atoms with van der Waals surface area (Å²) in [6, 6.07) is 0. The van der Waals surface area contributed by atoms with Gasteiger partial charge < -0.3 is 16.2 Å². The molecular weight excluding hydrogens is 210 g/mol. The molecule has 0 saturated heterocycles. The number of esters is 1. The fraction of sp³-hybridized carbons (Fsp3) is 0.333. The van der Waals surface area contributed by atoms with E-state index in [4.69, 9.17) is 16.2 Å². The Labute approximate surface area is 92.5 Å². The first-order chi connectivity index (χ1) is 7.52. The van der Waals surface area contributed by atoms with Gasteiger partial charge in [-0.05, 0) is 13.8 Å². The van der Waals surface area contributed by atoms with Gasteiger partial charge in [-0.2, -0.15) is 0 Å². The van der Waals surface area contributed by atoms with Crippen LogP contribution in [0.3, 0.4) is 0 Å². The van der Waals surface area contributed by atoms with Crippen molar-refractivity contribution in [1.82, 2.24) is 15.0 Å². The maximum absolute atomic E-state index is 11.5. The molecule has 1 aromatic rings. The largest absolute Gasteiger partial charge is 0.451 e. The van der Waals surface area contributed by atoms with Gasteiger partial charge in [-0.3, -0.25) is 0 Å². The minimum Gasteiger partial charge on any atom is -0.451 e. The summed E-state index contributed by atoms with van der Waals surface area (Å²) in [5.41, 5.74) is 10.7. The molecule has 1 heterocycles. The van der Waals surface area contributed by atoms with E-state index in [0.29, 0.717) is 5.82 Å².